The molecule has 1 saturated heterocycles. The molecule has 0 spiro atoms. The van der Waals surface area contributed by atoms with Gasteiger partial charge in [0, 0.05) is 17.8 Å². The van der Waals surface area contributed by atoms with Gasteiger partial charge < -0.3 is 11.1 Å². The van der Waals surface area contributed by atoms with Gasteiger partial charge in [-0.2, -0.15) is 5.26 Å². The minimum atomic E-state index is 0.292. The van der Waals surface area contributed by atoms with Crippen LogP contribution in [0.25, 0.3) is 0 Å². The van der Waals surface area contributed by atoms with Crippen LogP contribution in [0.3, 0.4) is 0 Å². The van der Waals surface area contributed by atoms with Gasteiger partial charge in [-0.15, -0.1) is 0 Å². The van der Waals surface area contributed by atoms with Gasteiger partial charge in [-0.3, -0.25) is 0 Å². The van der Waals surface area contributed by atoms with Gasteiger partial charge in [-0.1, -0.05) is 0 Å². The van der Waals surface area contributed by atoms with E-state index in [0.717, 1.165) is 18.5 Å². The molecule has 66 valence electrons. The summed E-state index contributed by atoms with van der Waals surface area (Å²) in [5.74, 6) is 0.524. The fraction of sp³-hybridized carbons (Fsp3) is 0.333. The number of nitrogens with zero attached hydrogens (tertiary/aromatic N) is 2. The van der Waals surface area contributed by atoms with E-state index in [0.29, 0.717) is 17.4 Å². The number of nitrogens with one attached hydrogen (secondary N) is 1. The van der Waals surface area contributed by atoms with Crippen LogP contribution in [0.15, 0.2) is 12.3 Å². The van der Waals surface area contributed by atoms with E-state index in [9.17, 15) is 0 Å². The summed E-state index contributed by atoms with van der Waals surface area (Å²) in [6.07, 6.45) is 2.57. The van der Waals surface area contributed by atoms with Crippen molar-refractivity contribution in [3.8, 4) is 6.07 Å². The first-order chi connectivity index (χ1) is 6.31. The Bertz CT molecular complexity index is 362. The summed E-state index contributed by atoms with van der Waals surface area (Å²) in [4.78, 5) is 3.97. The lowest BCUT2D eigenvalue weighted by Crippen LogP contribution is -2.35. The molecule has 3 N–H and O–H groups in total. The van der Waals surface area contributed by atoms with E-state index in [1.165, 1.54) is 6.20 Å². The molecule has 1 aromatic heterocycles. The van der Waals surface area contributed by atoms with E-state index < -0.39 is 0 Å². The van der Waals surface area contributed by atoms with Crippen molar-refractivity contribution in [1.82, 2.24) is 10.3 Å². The first-order valence-electron chi connectivity index (χ1n) is 4.20. The zero-order valence-corrected chi connectivity index (χ0v) is 7.12. The summed E-state index contributed by atoms with van der Waals surface area (Å²) in [6.45, 7) is 1.01. The van der Waals surface area contributed by atoms with E-state index in [1.807, 2.05) is 0 Å². The molecule has 0 amide bonds. The van der Waals surface area contributed by atoms with Crippen LogP contribution in [-0.4, -0.2) is 11.5 Å². The second kappa shape index (κ2) is 3.04. The maximum atomic E-state index is 8.67. The number of pyridine rings is 1. The molecule has 1 aliphatic heterocycles. The molecule has 4 heteroatoms. The van der Waals surface area contributed by atoms with Gasteiger partial charge >= 0.3 is 0 Å². The SMILES string of the molecule is N#Cc1cnc(N)c([C@H]2CCN2)c1. The Labute approximate surface area is 76.4 Å². The molecule has 1 aromatic rings. The second-order valence-corrected chi connectivity index (χ2v) is 3.11. The number of nitriles is 1. The summed E-state index contributed by atoms with van der Waals surface area (Å²) in [7, 11) is 0. The van der Waals surface area contributed by atoms with Crippen molar-refractivity contribution < 1.29 is 0 Å². The first-order valence-corrected chi connectivity index (χ1v) is 4.20. The Morgan fingerprint density at radius 1 is 1.69 bits per heavy atom. The molecule has 0 aromatic carbocycles. The molecule has 13 heavy (non-hydrogen) atoms. The normalized spacial score (nSPS) is 20.4. The minimum absolute atomic E-state index is 0.292. The number of rotatable bonds is 1. The molecule has 0 unspecified atom stereocenters. The molecule has 1 fully saturated rings. The fourth-order valence-electron chi connectivity index (χ4n) is 1.39. The smallest absolute Gasteiger partial charge is 0.128 e. The summed E-state index contributed by atoms with van der Waals surface area (Å²) in [5, 5.41) is 11.9. The molecule has 0 aliphatic carbocycles. The summed E-state index contributed by atoms with van der Waals surface area (Å²) < 4.78 is 0. The van der Waals surface area contributed by atoms with Crippen LogP contribution in [0.4, 0.5) is 5.82 Å². The average molecular weight is 174 g/mol. The van der Waals surface area contributed by atoms with Crippen LogP contribution in [0.5, 0.6) is 0 Å². The van der Waals surface area contributed by atoms with Gasteiger partial charge in [0.05, 0.1) is 5.56 Å². The van der Waals surface area contributed by atoms with Gasteiger partial charge in [-0.05, 0) is 19.0 Å². The van der Waals surface area contributed by atoms with Crippen molar-refractivity contribution in [3.63, 3.8) is 0 Å². The van der Waals surface area contributed by atoms with Crippen LogP contribution in [0.2, 0.25) is 0 Å². The molecular weight excluding hydrogens is 164 g/mol. The van der Waals surface area contributed by atoms with Crippen molar-refractivity contribution >= 4 is 5.82 Å². The average Bonchev–Trinajstić information content (AvgIpc) is 2.06. The third-order valence-electron chi connectivity index (χ3n) is 2.28. The Balaban J connectivity index is 2.37. The van der Waals surface area contributed by atoms with Crippen molar-refractivity contribution in [2.45, 2.75) is 12.5 Å². The zero-order chi connectivity index (χ0) is 9.26. The monoisotopic (exact) mass is 174 g/mol. The number of nitrogen functional groups attached to an aromatic ring is 1. The number of hydrogen-bond donors (Lipinski definition) is 2. The van der Waals surface area contributed by atoms with Crippen molar-refractivity contribution in [2.75, 3.05) is 12.3 Å². The number of aromatic nitrogens is 1. The van der Waals surface area contributed by atoms with Crippen LogP contribution in [0.1, 0.15) is 23.6 Å². The minimum Gasteiger partial charge on any atom is -0.383 e. The van der Waals surface area contributed by atoms with Gasteiger partial charge in [0.2, 0.25) is 0 Å². The van der Waals surface area contributed by atoms with Crippen molar-refractivity contribution in [2.24, 2.45) is 0 Å². The van der Waals surface area contributed by atoms with Crippen molar-refractivity contribution in [3.05, 3.63) is 23.4 Å². The van der Waals surface area contributed by atoms with Crippen LogP contribution < -0.4 is 11.1 Å². The predicted octanol–water partition coefficient (Wildman–Crippen LogP) is 0.570. The van der Waals surface area contributed by atoms with Gasteiger partial charge in [0.15, 0.2) is 0 Å². The van der Waals surface area contributed by atoms with Gasteiger partial charge in [0.25, 0.3) is 0 Å². The molecule has 2 rings (SSSR count). The predicted molar refractivity (Wildman–Crippen MR) is 48.7 cm³/mol. The highest BCUT2D eigenvalue weighted by atomic mass is 15.0. The number of nitrogens with two attached hydrogens (primary N) is 1. The lowest BCUT2D eigenvalue weighted by molar-refractivity contribution is 0.383. The quantitative estimate of drug-likeness (QED) is 0.652. The summed E-state index contributed by atoms with van der Waals surface area (Å²) >= 11 is 0. The van der Waals surface area contributed by atoms with E-state index >= 15 is 0 Å². The molecule has 1 aliphatic rings. The molecule has 0 bridgehead atoms. The third kappa shape index (κ3) is 1.34. The lowest BCUT2D eigenvalue weighted by atomic mass is 9.97. The molecule has 2 heterocycles. The Morgan fingerprint density at radius 3 is 3.00 bits per heavy atom. The number of hydrogen-bond acceptors (Lipinski definition) is 4. The lowest BCUT2D eigenvalue weighted by Gasteiger charge is -2.28. The fourth-order valence-corrected chi connectivity index (χ4v) is 1.39. The first kappa shape index (κ1) is 8.02. The largest absolute Gasteiger partial charge is 0.383 e. The third-order valence-corrected chi connectivity index (χ3v) is 2.28. The maximum absolute atomic E-state index is 8.67. The molecule has 0 saturated carbocycles. The second-order valence-electron chi connectivity index (χ2n) is 3.11. The highest BCUT2D eigenvalue weighted by Crippen LogP contribution is 2.26. The Kier molecular flexibility index (Phi) is 1.87. The topological polar surface area (TPSA) is 74.7 Å². The van der Waals surface area contributed by atoms with Crippen LogP contribution in [-0.2, 0) is 0 Å². The number of anilines is 1. The van der Waals surface area contributed by atoms with Gasteiger partial charge in [0.1, 0.15) is 11.9 Å². The van der Waals surface area contributed by atoms with Crippen LogP contribution in [0, 0.1) is 11.3 Å². The molecule has 0 radical (unpaired) electrons. The molecular formula is C9H10N4. The summed E-state index contributed by atoms with van der Waals surface area (Å²) in [6, 6.07) is 4.15. The van der Waals surface area contributed by atoms with Crippen LogP contribution >= 0.6 is 0 Å². The molecule has 1 atom stereocenters. The van der Waals surface area contributed by atoms with Crippen molar-refractivity contribution in [1.29, 1.82) is 5.26 Å². The highest BCUT2D eigenvalue weighted by molar-refractivity contribution is 5.46. The Hall–Kier alpha value is -1.60. The summed E-state index contributed by atoms with van der Waals surface area (Å²) in [5.41, 5.74) is 7.21. The van der Waals surface area contributed by atoms with E-state index in [-0.39, 0.29) is 0 Å². The molecule has 4 nitrogen and oxygen atoms in total. The maximum Gasteiger partial charge on any atom is 0.128 e. The van der Waals surface area contributed by atoms with E-state index in [1.54, 1.807) is 6.07 Å². The Morgan fingerprint density at radius 2 is 2.46 bits per heavy atom. The van der Waals surface area contributed by atoms with E-state index in [4.69, 9.17) is 11.0 Å². The zero-order valence-electron chi connectivity index (χ0n) is 7.12. The highest BCUT2D eigenvalue weighted by Gasteiger charge is 2.21. The standard InChI is InChI=1S/C9H10N4/c10-4-6-3-7(8-1-2-12-8)9(11)13-5-6/h3,5,8,12H,1-2H2,(H2,11,13)/t8-/m1/s1. The van der Waals surface area contributed by atoms with Gasteiger partial charge in [-0.25, -0.2) is 4.98 Å². The van der Waals surface area contributed by atoms with E-state index in [2.05, 4.69) is 16.4 Å².